The maximum Gasteiger partial charge on any atom is 0.433 e. The van der Waals surface area contributed by atoms with Crippen LogP contribution >= 0.6 is 0 Å². The van der Waals surface area contributed by atoms with Gasteiger partial charge >= 0.3 is 6.18 Å². The van der Waals surface area contributed by atoms with Gasteiger partial charge in [-0.15, -0.1) is 0 Å². The van der Waals surface area contributed by atoms with E-state index >= 15 is 0 Å². The summed E-state index contributed by atoms with van der Waals surface area (Å²) in [5, 5.41) is 8.52. The molecule has 2 heterocycles. The van der Waals surface area contributed by atoms with Gasteiger partial charge in [0.2, 0.25) is 6.20 Å². The number of pyridine rings is 1. The molecule has 34 heavy (non-hydrogen) atoms. The molecule has 1 aliphatic heterocycles. The number of benzene rings is 1. The Morgan fingerprint density at radius 3 is 2.47 bits per heavy atom. The van der Waals surface area contributed by atoms with Crippen LogP contribution in [-0.2, 0) is 6.18 Å². The first kappa shape index (κ1) is 23.8. The quantitative estimate of drug-likeness (QED) is 0.538. The van der Waals surface area contributed by atoms with Crippen LogP contribution < -0.4 is 15.9 Å². The molecule has 0 saturated heterocycles. The molecule has 0 atom stereocenters. The normalized spacial score (nSPS) is 17.8. The van der Waals surface area contributed by atoms with Crippen molar-refractivity contribution >= 4 is 29.3 Å². The van der Waals surface area contributed by atoms with Gasteiger partial charge in [0.15, 0.2) is 11.5 Å². The minimum absolute atomic E-state index is 0.206. The molecule has 1 aliphatic carbocycles. The van der Waals surface area contributed by atoms with Gasteiger partial charge in [-0.3, -0.25) is 9.59 Å². The summed E-state index contributed by atoms with van der Waals surface area (Å²) >= 11 is 0. The highest BCUT2D eigenvalue weighted by molar-refractivity contribution is 6.08. The van der Waals surface area contributed by atoms with Crippen molar-refractivity contribution in [3.05, 3.63) is 57.9 Å². The predicted octanol–water partition coefficient (Wildman–Crippen LogP) is 4.14. The highest BCUT2D eigenvalue weighted by Crippen LogP contribution is 2.29. The highest BCUT2D eigenvalue weighted by Gasteiger charge is 2.33. The summed E-state index contributed by atoms with van der Waals surface area (Å²) in [4.78, 5) is 28.4. The Labute approximate surface area is 194 Å². The lowest BCUT2D eigenvalue weighted by atomic mass is 9.81. The topological polar surface area (TPSA) is 74.4 Å². The number of nitrogens with zero attached hydrogens (tertiary/aromatic N) is 3. The van der Waals surface area contributed by atoms with E-state index in [9.17, 15) is 22.8 Å². The Morgan fingerprint density at radius 1 is 1.15 bits per heavy atom. The van der Waals surface area contributed by atoms with Crippen LogP contribution in [0.2, 0.25) is 0 Å². The van der Waals surface area contributed by atoms with Crippen molar-refractivity contribution < 1.29 is 27.4 Å². The van der Waals surface area contributed by atoms with Crippen molar-refractivity contribution in [2.45, 2.75) is 52.6 Å². The van der Waals surface area contributed by atoms with E-state index in [2.05, 4.69) is 29.2 Å². The van der Waals surface area contributed by atoms with E-state index < -0.39 is 23.5 Å². The first-order valence-electron chi connectivity index (χ1n) is 11.3. The van der Waals surface area contributed by atoms with E-state index in [1.54, 1.807) is 12.1 Å². The molecule has 0 spiro atoms. The SMILES string of the molecule is CC(=O)c1cc2c(cc1NC(=O)c1cccc(C(F)(F)F)n1)=C[N+](=C1CCC(C(C)C)CC1)N=2. The second-order valence-corrected chi connectivity index (χ2v) is 9.09. The summed E-state index contributed by atoms with van der Waals surface area (Å²) in [7, 11) is 0. The fraction of sp³-hybridized carbons (Fsp3) is 0.400. The number of carbonyl (C=O) groups is 2. The number of anilines is 1. The van der Waals surface area contributed by atoms with Crippen LogP contribution in [-0.4, -0.2) is 27.1 Å². The molecule has 1 aromatic carbocycles. The minimum Gasteiger partial charge on any atom is -0.320 e. The average Bonchev–Trinajstić information content (AvgIpc) is 3.21. The number of hydrogen-bond donors (Lipinski definition) is 1. The number of rotatable bonds is 4. The van der Waals surface area contributed by atoms with Crippen molar-refractivity contribution in [1.29, 1.82) is 0 Å². The van der Waals surface area contributed by atoms with Gasteiger partial charge in [-0.05, 0) is 55.9 Å². The smallest absolute Gasteiger partial charge is 0.320 e. The van der Waals surface area contributed by atoms with E-state index in [0.717, 1.165) is 43.0 Å². The fourth-order valence-corrected chi connectivity index (χ4v) is 4.40. The summed E-state index contributed by atoms with van der Waals surface area (Å²) in [6, 6.07) is 6.34. The van der Waals surface area contributed by atoms with Crippen LogP contribution in [0.4, 0.5) is 18.9 Å². The lowest BCUT2D eigenvalue weighted by molar-refractivity contribution is -0.430. The van der Waals surface area contributed by atoms with E-state index in [1.165, 1.54) is 18.7 Å². The first-order valence-corrected chi connectivity index (χ1v) is 11.3. The van der Waals surface area contributed by atoms with Gasteiger partial charge in [0.25, 0.3) is 5.91 Å². The number of amides is 1. The number of hydrogen-bond acceptors (Lipinski definition) is 4. The molecule has 1 amide bonds. The van der Waals surface area contributed by atoms with E-state index in [1.807, 2.05) is 10.9 Å². The molecule has 1 saturated carbocycles. The standard InChI is InChI=1S/C25H25F3N4O2/c1-14(2)16-7-9-18(10-8-16)32-13-17-11-22(19(15(3)33)12-21(17)31-32)30-24(34)20-5-4-6-23(29-20)25(26,27)28/h4-6,11-14,16H,7-10H2,1-3H3/p+1. The van der Waals surface area contributed by atoms with Gasteiger partial charge in [0.05, 0.1) is 10.9 Å². The Bertz CT molecular complexity index is 1300. The molecule has 2 aromatic rings. The van der Waals surface area contributed by atoms with Crippen LogP contribution in [0.3, 0.4) is 0 Å². The number of Topliss-reactive ketones (excluding diaryl/α,β-unsaturated/α-hetero) is 1. The summed E-state index contributed by atoms with van der Waals surface area (Å²) in [5.41, 5.74) is 0.0885. The summed E-state index contributed by atoms with van der Waals surface area (Å²) in [6.07, 6.45) is 1.30. The number of halogens is 3. The zero-order valence-electron chi connectivity index (χ0n) is 19.2. The molecule has 0 radical (unpaired) electrons. The van der Waals surface area contributed by atoms with Crippen LogP contribution in [0.1, 0.15) is 73.0 Å². The number of fused-ring (bicyclic) bond motifs is 1. The third-order valence-electron chi connectivity index (χ3n) is 6.42. The maximum absolute atomic E-state index is 13.0. The first-order chi connectivity index (χ1) is 16.0. The van der Waals surface area contributed by atoms with Gasteiger partial charge < -0.3 is 5.32 Å². The molecule has 1 aromatic heterocycles. The number of aromatic nitrogens is 1. The van der Waals surface area contributed by atoms with Gasteiger partial charge in [0.1, 0.15) is 16.7 Å². The molecule has 1 N–H and O–H groups in total. The Balaban J connectivity index is 1.65. The van der Waals surface area contributed by atoms with Gasteiger partial charge in [0, 0.05) is 23.5 Å². The summed E-state index contributed by atoms with van der Waals surface area (Å²) in [5.74, 6) is 0.216. The Morgan fingerprint density at radius 2 is 1.85 bits per heavy atom. The molecule has 0 unspecified atom stereocenters. The molecule has 178 valence electrons. The van der Waals surface area contributed by atoms with E-state index in [0.29, 0.717) is 17.2 Å². The van der Waals surface area contributed by atoms with E-state index in [-0.39, 0.29) is 17.0 Å². The number of carbonyl (C=O) groups excluding carboxylic acids is 2. The predicted molar refractivity (Wildman–Crippen MR) is 121 cm³/mol. The maximum atomic E-state index is 13.0. The molecule has 6 nitrogen and oxygen atoms in total. The number of alkyl halides is 3. The zero-order chi connectivity index (χ0) is 24.6. The summed E-state index contributed by atoms with van der Waals surface area (Å²) < 4.78 is 40.8. The van der Waals surface area contributed by atoms with Gasteiger partial charge in [-0.2, -0.15) is 13.2 Å². The molecule has 1 fully saturated rings. The third kappa shape index (κ3) is 4.93. The largest absolute Gasteiger partial charge is 0.433 e. The molecule has 2 aliphatic rings. The van der Waals surface area contributed by atoms with Crippen molar-refractivity contribution in [2.75, 3.05) is 5.32 Å². The average molecular weight is 472 g/mol. The van der Waals surface area contributed by atoms with Crippen LogP contribution in [0.5, 0.6) is 0 Å². The third-order valence-corrected chi connectivity index (χ3v) is 6.42. The molecular weight excluding hydrogens is 445 g/mol. The highest BCUT2D eigenvalue weighted by atomic mass is 19.4. The van der Waals surface area contributed by atoms with Crippen LogP contribution in [0.25, 0.3) is 6.20 Å². The second kappa shape index (κ2) is 9.12. The lowest BCUT2D eigenvalue weighted by Crippen LogP contribution is -2.26. The monoisotopic (exact) mass is 471 g/mol. The number of nitrogens with one attached hydrogen (secondary N) is 1. The van der Waals surface area contributed by atoms with Crippen molar-refractivity contribution in [1.82, 2.24) is 4.98 Å². The van der Waals surface area contributed by atoms with Crippen LogP contribution in [0, 0.1) is 11.8 Å². The van der Waals surface area contributed by atoms with Crippen molar-refractivity contribution in [3.8, 4) is 0 Å². The molecule has 9 heteroatoms. The fourth-order valence-electron chi connectivity index (χ4n) is 4.40. The lowest BCUT2D eigenvalue weighted by Gasteiger charge is -2.24. The molecule has 0 bridgehead atoms. The number of ketones is 1. The Hall–Kier alpha value is -3.36. The Kier molecular flexibility index (Phi) is 6.38. The van der Waals surface area contributed by atoms with Gasteiger partial charge in [-0.1, -0.05) is 24.6 Å². The minimum atomic E-state index is -4.67. The van der Waals surface area contributed by atoms with Crippen LogP contribution in [0.15, 0.2) is 35.4 Å². The van der Waals surface area contributed by atoms with Gasteiger partial charge in [-0.25, -0.2) is 4.98 Å². The molecule has 4 rings (SSSR count). The summed E-state index contributed by atoms with van der Waals surface area (Å²) in [6.45, 7) is 5.84. The van der Waals surface area contributed by atoms with E-state index in [4.69, 9.17) is 0 Å². The van der Waals surface area contributed by atoms with Crippen molar-refractivity contribution in [2.24, 2.45) is 16.9 Å². The van der Waals surface area contributed by atoms with Crippen molar-refractivity contribution in [3.63, 3.8) is 0 Å². The second-order valence-electron chi connectivity index (χ2n) is 9.09. The zero-order valence-corrected chi connectivity index (χ0v) is 19.2. The molecular formula is C25H26F3N4O2+.